The van der Waals surface area contributed by atoms with Gasteiger partial charge in [0.05, 0.1) is 14.6 Å². The minimum Gasteiger partial charge on any atom is -0.351 e. The predicted molar refractivity (Wildman–Crippen MR) is 101 cm³/mol. The Labute approximate surface area is 152 Å². The Morgan fingerprint density at radius 1 is 1.25 bits per heavy atom. The summed E-state index contributed by atoms with van der Waals surface area (Å²) in [5.41, 5.74) is 0. The van der Waals surface area contributed by atoms with Gasteiger partial charge >= 0.3 is 0 Å². The maximum Gasteiger partial charge on any atom is 0.261 e. The van der Waals surface area contributed by atoms with Gasteiger partial charge in [-0.2, -0.15) is 0 Å². The van der Waals surface area contributed by atoms with Gasteiger partial charge in [0.25, 0.3) is 5.91 Å². The number of nitrogens with zero attached hydrogens (tertiary/aromatic N) is 1. The van der Waals surface area contributed by atoms with E-state index in [-0.39, 0.29) is 5.91 Å². The van der Waals surface area contributed by atoms with Crippen LogP contribution >= 0.6 is 22.9 Å². The number of nitrogens with one attached hydrogen (secondary N) is 1. The normalized spacial score (nSPS) is 24.7. The van der Waals surface area contributed by atoms with E-state index in [1.54, 1.807) is 0 Å². The second-order valence-electron chi connectivity index (χ2n) is 6.98. The molecule has 0 saturated carbocycles. The standard InChI is InChI=1S/C19H23ClN2OS/c20-15-7-3-5-13-11-17(24-18(13)15)19(23)21-12-14-6-4-10-22-9-2-1-8-16(14)22/h3,5,7,11,14,16H,1-2,4,6,8-10,12H2,(H,21,23). The number of thiophene rings is 1. The molecule has 2 aliphatic rings. The molecule has 0 bridgehead atoms. The predicted octanol–water partition coefficient (Wildman–Crippen LogP) is 4.55. The van der Waals surface area contributed by atoms with Gasteiger partial charge < -0.3 is 10.2 Å². The van der Waals surface area contributed by atoms with Crippen molar-refractivity contribution in [1.82, 2.24) is 10.2 Å². The molecule has 2 saturated heterocycles. The summed E-state index contributed by atoms with van der Waals surface area (Å²) in [6.07, 6.45) is 6.45. The van der Waals surface area contributed by atoms with Crippen LogP contribution in [-0.2, 0) is 0 Å². The zero-order valence-electron chi connectivity index (χ0n) is 13.8. The molecule has 0 aliphatic carbocycles. The highest BCUT2D eigenvalue weighted by atomic mass is 35.5. The van der Waals surface area contributed by atoms with E-state index < -0.39 is 0 Å². The van der Waals surface area contributed by atoms with Crippen LogP contribution in [0.15, 0.2) is 24.3 Å². The van der Waals surface area contributed by atoms with Crippen LogP contribution in [0.25, 0.3) is 10.1 Å². The number of rotatable bonds is 3. The third-order valence-corrected chi connectivity index (χ3v) is 7.08. The van der Waals surface area contributed by atoms with Gasteiger partial charge in [-0.15, -0.1) is 11.3 Å². The van der Waals surface area contributed by atoms with Crippen molar-refractivity contribution in [3.8, 4) is 0 Å². The average molecular weight is 363 g/mol. The van der Waals surface area contributed by atoms with Crippen LogP contribution in [0.3, 0.4) is 0 Å². The van der Waals surface area contributed by atoms with Crippen LogP contribution in [0.1, 0.15) is 41.8 Å². The molecule has 2 atom stereocenters. The largest absolute Gasteiger partial charge is 0.351 e. The Morgan fingerprint density at radius 2 is 2.12 bits per heavy atom. The van der Waals surface area contributed by atoms with E-state index in [9.17, 15) is 4.79 Å². The van der Waals surface area contributed by atoms with Crippen LogP contribution in [0.2, 0.25) is 5.02 Å². The van der Waals surface area contributed by atoms with Crippen molar-refractivity contribution < 1.29 is 4.79 Å². The summed E-state index contributed by atoms with van der Waals surface area (Å²) < 4.78 is 1.00. The van der Waals surface area contributed by atoms with E-state index >= 15 is 0 Å². The Kier molecular flexibility index (Phi) is 4.79. The van der Waals surface area contributed by atoms with Crippen molar-refractivity contribution in [3.05, 3.63) is 34.2 Å². The fraction of sp³-hybridized carbons (Fsp3) is 0.526. The number of hydrogen-bond donors (Lipinski definition) is 1. The number of carbonyl (C=O) groups excluding carboxylic acids is 1. The van der Waals surface area contributed by atoms with Gasteiger partial charge in [0.2, 0.25) is 0 Å². The molecular formula is C19H23ClN2OS. The molecule has 3 nitrogen and oxygen atoms in total. The number of halogens is 1. The van der Waals surface area contributed by atoms with Crippen molar-refractivity contribution in [1.29, 1.82) is 0 Å². The van der Waals surface area contributed by atoms with E-state index in [2.05, 4.69) is 10.2 Å². The molecule has 1 aromatic carbocycles. The minimum atomic E-state index is 0.0419. The molecule has 1 N–H and O–H groups in total. The van der Waals surface area contributed by atoms with E-state index in [0.29, 0.717) is 12.0 Å². The SMILES string of the molecule is O=C(NCC1CCCN2CCCCC12)c1cc2cccc(Cl)c2s1. The lowest BCUT2D eigenvalue weighted by molar-refractivity contribution is 0.0576. The zero-order chi connectivity index (χ0) is 16.5. The number of amides is 1. The molecule has 0 radical (unpaired) electrons. The van der Waals surface area contributed by atoms with Crippen molar-refractivity contribution in [2.45, 2.75) is 38.1 Å². The van der Waals surface area contributed by atoms with Crippen LogP contribution in [-0.4, -0.2) is 36.5 Å². The number of piperidine rings is 2. The lowest BCUT2D eigenvalue weighted by Gasteiger charge is -2.44. The van der Waals surface area contributed by atoms with Crippen LogP contribution in [0, 0.1) is 5.92 Å². The van der Waals surface area contributed by atoms with Crippen LogP contribution in [0.4, 0.5) is 0 Å². The fourth-order valence-corrected chi connectivity index (χ4v) is 5.54. The molecular weight excluding hydrogens is 340 g/mol. The Balaban J connectivity index is 1.42. The fourth-order valence-electron chi connectivity index (χ4n) is 4.27. The van der Waals surface area contributed by atoms with Crippen molar-refractivity contribution in [2.24, 2.45) is 5.92 Å². The highest BCUT2D eigenvalue weighted by Gasteiger charge is 2.33. The first-order valence-electron chi connectivity index (χ1n) is 8.93. The van der Waals surface area contributed by atoms with Crippen molar-refractivity contribution in [2.75, 3.05) is 19.6 Å². The van der Waals surface area contributed by atoms with Crippen molar-refractivity contribution in [3.63, 3.8) is 0 Å². The third kappa shape index (κ3) is 3.19. The van der Waals surface area contributed by atoms with Gasteiger partial charge in [0.1, 0.15) is 0 Å². The molecule has 2 unspecified atom stereocenters. The lowest BCUT2D eigenvalue weighted by atomic mass is 9.83. The quantitative estimate of drug-likeness (QED) is 0.868. The first kappa shape index (κ1) is 16.4. The summed E-state index contributed by atoms with van der Waals surface area (Å²) >= 11 is 7.71. The maximum atomic E-state index is 12.6. The van der Waals surface area contributed by atoms with Gasteiger partial charge in [-0.3, -0.25) is 4.79 Å². The van der Waals surface area contributed by atoms with E-state index in [1.165, 1.54) is 56.5 Å². The second-order valence-corrected chi connectivity index (χ2v) is 8.44. The average Bonchev–Trinajstić information content (AvgIpc) is 3.05. The van der Waals surface area contributed by atoms with Gasteiger partial charge in [0, 0.05) is 12.6 Å². The van der Waals surface area contributed by atoms with Gasteiger partial charge in [0.15, 0.2) is 0 Å². The highest BCUT2D eigenvalue weighted by Crippen LogP contribution is 2.32. The van der Waals surface area contributed by atoms with E-state index in [4.69, 9.17) is 11.6 Å². The Morgan fingerprint density at radius 3 is 3.00 bits per heavy atom. The number of fused-ring (bicyclic) bond motifs is 2. The highest BCUT2D eigenvalue weighted by molar-refractivity contribution is 7.21. The van der Waals surface area contributed by atoms with Gasteiger partial charge in [-0.05, 0) is 62.2 Å². The molecule has 1 amide bonds. The second kappa shape index (κ2) is 7.03. The number of hydrogen-bond acceptors (Lipinski definition) is 3. The number of benzene rings is 1. The Bertz CT molecular complexity index is 742. The van der Waals surface area contributed by atoms with Gasteiger partial charge in [-0.1, -0.05) is 30.2 Å². The molecule has 2 aromatic rings. The topological polar surface area (TPSA) is 32.3 Å². The summed E-state index contributed by atoms with van der Waals surface area (Å²) in [6.45, 7) is 3.27. The van der Waals surface area contributed by atoms with Crippen molar-refractivity contribution >= 4 is 38.9 Å². The monoisotopic (exact) mass is 362 g/mol. The van der Waals surface area contributed by atoms with Gasteiger partial charge in [-0.25, -0.2) is 0 Å². The third-order valence-electron chi connectivity index (χ3n) is 5.47. The molecule has 4 rings (SSSR count). The molecule has 5 heteroatoms. The first-order chi connectivity index (χ1) is 11.7. The van der Waals surface area contributed by atoms with Crippen LogP contribution < -0.4 is 5.32 Å². The summed E-state index contributed by atoms with van der Waals surface area (Å²) in [5, 5.41) is 4.96. The molecule has 1 aromatic heterocycles. The smallest absolute Gasteiger partial charge is 0.261 e. The molecule has 128 valence electrons. The molecule has 3 heterocycles. The molecule has 24 heavy (non-hydrogen) atoms. The summed E-state index contributed by atoms with van der Waals surface area (Å²) in [7, 11) is 0. The molecule has 0 spiro atoms. The zero-order valence-corrected chi connectivity index (χ0v) is 15.3. The summed E-state index contributed by atoms with van der Waals surface area (Å²) in [6, 6.07) is 8.44. The molecule has 2 fully saturated rings. The lowest BCUT2D eigenvalue weighted by Crippen LogP contribution is -2.50. The minimum absolute atomic E-state index is 0.0419. The first-order valence-corrected chi connectivity index (χ1v) is 10.1. The molecule has 2 aliphatic heterocycles. The number of carbonyl (C=O) groups is 1. The maximum absolute atomic E-state index is 12.6. The van der Waals surface area contributed by atoms with E-state index in [0.717, 1.165) is 26.5 Å². The summed E-state index contributed by atoms with van der Waals surface area (Å²) in [4.78, 5) is 16.0. The summed E-state index contributed by atoms with van der Waals surface area (Å²) in [5.74, 6) is 0.640. The van der Waals surface area contributed by atoms with Crippen LogP contribution in [0.5, 0.6) is 0 Å². The Hall–Kier alpha value is -1.10. The van der Waals surface area contributed by atoms with E-state index in [1.807, 2.05) is 24.3 Å².